The van der Waals surface area contributed by atoms with Crippen molar-refractivity contribution in [1.29, 1.82) is 5.26 Å². The highest BCUT2D eigenvalue weighted by Crippen LogP contribution is 2.07. The molecule has 1 heterocycles. The van der Waals surface area contributed by atoms with Gasteiger partial charge in [0, 0.05) is 32.4 Å². The van der Waals surface area contributed by atoms with Crippen molar-refractivity contribution in [2.75, 3.05) is 39.4 Å². The van der Waals surface area contributed by atoms with Crippen molar-refractivity contribution in [2.45, 2.75) is 26.7 Å². The zero-order valence-electron chi connectivity index (χ0n) is 11.9. The first-order valence-electron chi connectivity index (χ1n) is 6.95. The molecule has 1 rings (SSSR count). The van der Waals surface area contributed by atoms with Crippen LogP contribution in [0, 0.1) is 11.3 Å². The standard InChI is InChI=1S/C14H23N3O2/c1-3-5-16(6-4-2)12-13(11-15)14(18)17-7-9-19-10-8-17/h12H,3-10H2,1-2H3/b13-12-. The second-order valence-electron chi connectivity index (χ2n) is 4.60. The number of morpholine rings is 1. The van der Waals surface area contributed by atoms with Gasteiger partial charge in [0.05, 0.1) is 13.2 Å². The van der Waals surface area contributed by atoms with Gasteiger partial charge in [-0.3, -0.25) is 4.79 Å². The number of nitrogens with zero attached hydrogens (tertiary/aromatic N) is 3. The van der Waals surface area contributed by atoms with Crippen LogP contribution >= 0.6 is 0 Å². The lowest BCUT2D eigenvalue weighted by Crippen LogP contribution is -2.41. The van der Waals surface area contributed by atoms with Crippen LogP contribution < -0.4 is 0 Å². The van der Waals surface area contributed by atoms with Gasteiger partial charge in [-0.05, 0) is 12.8 Å². The van der Waals surface area contributed by atoms with E-state index in [0.717, 1.165) is 25.9 Å². The first-order valence-corrected chi connectivity index (χ1v) is 6.95. The summed E-state index contributed by atoms with van der Waals surface area (Å²) in [5, 5.41) is 9.19. The summed E-state index contributed by atoms with van der Waals surface area (Å²) in [6.45, 7) is 8.17. The second kappa shape index (κ2) is 8.54. The Kier molecular flexibility index (Phi) is 6.98. The van der Waals surface area contributed by atoms with Crippen LogP contribution in [0.5, 0.6) is 0 Å². The van der Waals surface area contributed by atoms with Crippen LogP contribution in [0.1, 0.15) is 26.7 Å². The van der Waals surface area contributed by atoms with E-state index in [-0.39, 0.29) is 11.5 Å². The first kappa shape index (κ1) is 15.5. The van der Waals surface area contributed by atoms with Gasteiger partial charge in [0.1, 0.15) is 11.6 Å². The predicted octanol–water partition coefficient (Wildman–Crippen LogP) is 1.37. The van der Waals surface area contributed by atoms with Crippen LogP contribution in [0.2, 0.25) is 0 Å². The molecule has 0 saturated carbocycles. The Morgan fingerprint density at radius 2 is 1.89 bits per heavy atom. The molecule has 0 bridgehead atoms. The Morgan fingerprint density at radius 1 is 1.32 bits per heavy atom. The van der Waals surface area contributed by atoms with Gasteiger partial charge in [0.2, 0.25) is 0 Å². The molecule has 1 fully saturated rings. The maximum atomic E-state index is 12.2. The molecule has 1 aliphatic heterocycles. The van der Waals surface area contributed by atoms with E-state index in [2.05, 4.69) is 18.7 Å². The Bertz CT molecular complexity index is 348. The summed E-state index contributed by atoms with van der Waals surface area (Å²) in [7, 11) is 0. The molecule has 0 spiro atoms. The minimum atomic E-state index is -0.178. The van der Waals surface area contributed by atoms with E-state index in [1.807, 2.05) is 6.07 Å². The lowest BCUT2D eigenvalue weighted by Gasteiger charge is -2.27. The molecular weight excluding hydrogens is 242 g/mol. The van der Waals surface area contributed by atoms with Gasteiger partial charge >= 0.3 is 0 Å². The molecule has 0 aromatic rings. The summed E-state index contributed by atoms with van der Waals surface area (Å²) in [5.74, 6) is -0.178. The normalized spacial score (nSPS) is 16.1. The number of carbonyl (C=O) groups is 1. The van der Waals surface area contributed by atoms with Crippen molar-refractivity contribution in [2.24, 2.45) is 0 Å². The molecule has 5 nitrogen and oxygen atoms in total. The van der Waals surface area contributed by atoms with Crippen molar-refractivity contribution in [1.82, 2.24) is 9.80 Å². The van der Waals surface area contributed by atoms with Crippen LogP contribution in [-0.2, 0) is 9.53 Å². The molecular formula is C14H23N3O2. The van der Waals surface area contributed by atoms with Gasteiger partial charge in [-0.25, -0.2) is 0 Å². The molecule has 19 heavy (non-hydrogen) atoms. The molecule has 0 aromatic heterocycles. The molecule has 0 aliphatic carbocycles. The minimum absolute atomic E-state index is 0.178. The lowest BCUT2D eigenvalue weighted by atomic mass is 10.2. The number of hydrogen-bond donors (Lipinski definition) is 0. The number of hydrogen-bond acceptors (Lipinski definition) is 4. The third-order valence-electron chi connectivity index (χ3n) is 2.98. The summed E-state index contributed by atoms with van der Waals surface area (Å²) in [5.41, 5.74) is 0.226. The molecule has 1 aliphatic rings. The number of ether oxygens (including phenoxy) is 1. The molecule has 0 unspecified atom stereocenters. The quantitative estimate of drug-likeness (QED) is 0.538. The van der Waals surface area contributed by atoms with Gasteiger partial charge < -0.3 is 14.5 Å². The van der Waals surface area contributed by atoms with Gasteiger partial charge in [-0.15, -0.1) is 0 Å². The highest BCUT2D eigenvalue weighted by atomic mass is 16.5. The van der Waals surface area contributed by atoms with Crippen LogP contribution in [-0.4, -0.2) is 55.1 Å². The van der Waals surface area contributed by atoms with Crippen LogP contribution in [0.4, 0.5) is 0 Å². The molecule has 0 radical (unpaired) electrons. The van der Waals surface area contributed by atoms with Crippen LogP contribution in [0.3, 0.4) is 0 Å². The Labute approximate surface area is 115 Å². The van der Waals surface area contributed by atoms with Crippen LogP contribution in [0.25, 0.3) is 0 Å². The SMILES string of the molecule is CCCN(/C=C(/C#N)C(=O)N1CCOCC1)CCC. The number of carbonyl (C=O) groups excluding carboxylic acids is 1. The molecule has 0 atom stereocenters. The van der Waals surface area contributed by atoms with Crippen molar-refractivity contribution >= 4 is 5.91 Å². The van der Waals surface area contributed by atoms with Crippen molar-refractivity contribution in [3.05, 3.63) is 11.8 Å². The Hall–Kier alpha value is -1.54. The highest BCUT2D eigenvalue weighted by Gasteiger charge is 2.21. The maximum Gasteiger partial charge on any atom is 0.266 e. The third kappa shape index (κ3) is 4.92. The fourth-order valence-corrected chi connectivity index (χ4v) is 2.07. The number of rotatable bonds is 6. The first-order chi connectivity index (χ1) is 9.22. The highest BCUT2D eigenvalue weighted by molar-refractivity contribution is 5.97. The zero-order chi connectivity index (χ0) is 14.1. The van der Waals surface area contributed by atoms with E-state index >= 15 is 0 Å². The van der Waals surface area contributed by atoms with Gasteiger partial charge in [0.25, 0.3) is 5.91 Å². The zero-order valence-corrected chi connectivity index (χ0v) is 11.9. The van der Waals surface area contributed by atoms with Gasteiger partial charge in [0.15, 0.2) is 0 Å². The third-order valence-corrected chi connectivity index (χ3v) is 2.98. The second-order valence-corrected chi connectivity index (χ2v) is 4.60. The molecule has 1 amide bonds. The Morgan fingerprint density at radius 3 is 2.37 bits per heavy atom. The van der Waals surface area contributed by atoms with Crippen molar-refractivity contribution in [3.8, 4) is 6.07 Å². The topological polar surface area (TPSA) is 56.6 Å². The maximum absolute atomic E-state index is 12.2. The van der Waals surface area contributed by atoms with E-state index in [1.54, 1.807) is 11.1 Å². The minimum Gasteiger partial charge on any atom is -0.378 e. The monoisotopic (exact) mass is 265 g/mol. The number of nitriles is 1. The van der Waals surface area contributed by atoms with Crippen LogP contribution in [0.15, 0.2) is 11.8 Å². The molecule has 5 heteroatoms. The largest absolute Gasteiger partial charge is 0.378 e. The summed E-state index contributed by atoms with van der Waals surface area (Å²) >= 11 is 0. The molecule has 1 saturated heterocycles. The predicted molar refractivity (Wildman–Crippen MR) is 73.3 cm³/mol. The van der Waals surface area contributed by atoms with E-state index in [9.17, 15) is 10.1 Å². The Balaban J connectivity index is 2.73. The summed E-state index contributed by atoms with van der Waals surface area (Å²) in [6.07, 6.45) is 3.71. The smallest absolute Gasteiger partial charge is 0.266 e. The van der Waals surface area contributed by atoms with Crippen molar-refractivity contribution < 1.29 is 9.53 Å². The summed E-state index contributed by atoms with van der Waals surface area (Å²) in [4.78, 5) is 16.0. The summed E-state index contributed by atoms with van der Waals surface area (Å²) < 4.78 is 5.21. The fourth-order valence-electron chi connectivity index (χ4n) is 2.07. The molecule has 106 valence electrons. The average Bonchev–Trinajstić information content (AvgIpc) is 2.45. The molecule has 0 aromatic carbocycles. The molecule has 0 N–H and O–H groups in total. The van der Waals surface area contributed by atoms with E-state index < -0.39 is 0 Å². The fraction of sp³-hybridized carbons (Fsp3) is 0.714. The summed E-state index contributed by atoms with van der Waals surface area (Å²) in [6, 6.07) is 2.03. The van der Waals surface area contributed by atoms with Gasteiger partial charge in [-0.2, -0.15) is 5.26 Å². The lowest BCUT2D eigenvalue weighted by molar-refractivity contribution is -0.130. The van der Waals surface area contributed by atoms with E-state index in [4.69, 9.17) is 4.74 Å². The average molecular weight is 265 g/mol. The number of amides is 1. The van der Waals surface area contributed by atoms with Gasteiger partial charge in [-0.1, -0.05) is 13.8 Å². The van der Waals surface area contributed by atoms with E-state index in [1.165, 1.54) is 0 Å². The van der Waals surface area contributed by atoms with Crippen molar-refractivity contribution in [3.63, 3.8) is 0 Å². The van der Waals surface area contributed by atoms with E-state index in [0.29, 0.717) is 26.3 Å².